The van der Waals surface area contributed by atoms with Gasteiger partial charge in [0.25, 0.3) is 0 Å². The van der Waals surface area contributed by atoms with E-state index in [1.54, 1.807) is 0 Å². The highest BCUT2D eigenvalue weighted by Crippen LogP contribution is 2.15. The normalized spacial score (nSPS) is 24.1. The lowest BCUT2D eigenvalue weighted by Crippen LogP contribution is -2.34. The first-order valence-corrected chi connectivity index (χ1v) is 5.70. The molecule has 0 saturated carbocycles. The molecule has 0 radical (unpaired) electrons. The number of hydrogen-bond donors (Lipinski definition) is 0. The van der Waals surface area contributed by atoms with E-state index in [1.807, 2.05) is 0 Å². The van der Waals surface area contributed by atoms with Gasteiger partial charge in [-0.25, -0.2) is 0 Å². The van der Waals surface area contributed by atoms with Gasteiger partial charge >= 0.3 is 0 Å². The van der Waals surface area contributed by atoms with Crippen molar-refractivity contribution >= 4 is 0 Å². The van der Waals surface area contributed by atoms with E-state index in [0.29, 0.717) is 0 Å². The monoisotopic (exact) mass is 193 g/mol. The van der Waals surface area contributed by atoms with Crippen LogP contribution in [-0.2, 0) is 0 Å². The molecule has 1 heteroatoms. The molecule has 0 N–H and O–H groups in total. The van der Waals surface area contributed by atoms with Crippen LogP contribution in [0.25, 0.3) is 0 Å². The predicted octanol–water partition coefficient (Wildman–Crippen LogP) is 2.77. The maximum absolute atomic E-state index is 3.29. The lowest BCUT2D eigenvalue weighted by Gasteiger charge is -2.29. The van der Waals surface area contributed by atoms with Crippen molar-refractivity contribution in [2.45, 2.75) is 40.5 Å². The molecule has 1 aliphatic heterocycles. The summed E-state index contributed by atoms with van der Waals surface area (Å²) in [6.07, 6.45) is 2.74. The van der Waals surface area contributed by atoms with Gasteiger partial charge in [-0.2, -0.15) is 0 Å². The maximum atomic E-state index is 3.29. The largest absolute Gasteiger partial charge is 0.292 e. The van der Waals surface area contributed by atoms with Gasteiger partial charge in [-0.3, -0.25) is 4.90 Å². The van der Waals surface area contributed by atoms with E-state index in [1.165, 1.54) is 25.9 Å². The molecule has 1 atom stereocenters. The summed E-state index contributed by atoms with van der Waals surface area (Å²) in [5.74, 6) is 7.45. The van der Waals surface area contributed by atoms with Crippen molar-refractivity contribution in [3.05, 3.63) is 0 Å². The molecule has 1 nitrogen and oxygen atoms in total. The molecule has 1 rings (SSSR count). The summed E-state index contributed by atoms with van der Waals surface area (Å²) in [5, 5.41) is 0. The Bertz CT molecular complexity index is 226. The Morgan fingerprint density at radius 2 is 2.07 bits per heavy atom. The lowest BCUT2D eigenvalue weighted by atomic mass is 9.98. The average Bonchev–Trinajstić information content (AvgIpc) is 2.01. The quantitative estimate of drug-likeness (QED) is 0.579. The number of piperidine rings is 1. The third-order valence-electron chi connectivity index (χ3n) is 2.51. The second kappa shape index (κ2) is 4.84. The Morgan fingerprint density at radius 1 is 1.36 bits per heavy atom. The van der Waals surface area contributed by atoms with Crippen LogP contribution in [0.15, 0.2) is 0 Å². The number of likely N-dealkylation sites (tertiary alicyclic amines) is 1. The number of nitrogens with zero attached hydrogens (tertiary/aromatic N) is 1. The SMILES string of the molecule is C[C@@H]1CCCN(CC#CC(C)(C)C)C1. The van der Waals surface area contributed by atoms with Gasteiger partial charge in [-0.05, 0) is 46.1 Å². The standard InChI is InChI=1S/C13H23N/c1-12-7-5-9-14(11-12)10-6-8-13(2,3)4/h12H,5,7,9-11H2,1-4H3/t12-/m1/s1. The molecule has 0 aromatic rings. The van der Waals surface area contributed by atoms with Gasteiger partial charge in [0, 0.05) is 12.0 Å². The molecule has 0 amide bonds. The maximum Gasteiger partial charge on any atom is 0.0601 e. The molecular weight excluding hydrogens is 170 g/mol. The van der Waals surface area contributed by atoms with Crippen LogP contribution < -0.4 is 0 Å². The van der Waals surface area contributed by atoms with Gasteiger partial charge in [0.2, 0.25) is 0 Å². The van der Waals surface area contributed by atoms with E-state index in [9.17, 15) is 0 Å². The lowest BCUT2D eigenvalue weighted by molar-refractivity contribution is 0.204. The molecule has 1 heterocycles. The summed E-state index contributed by atoms with van der Waals surface area (Å²) in [7, 11) is 0. The van der Waals surface area contributed by atoms with Gasteiger partial charge < -0.3 is 0 Å². The van der Waals surface area contributed by atoms with Crippen molar-refractivity contribution in [1.82, 2.24) is 4.90 Å². The Balaban J connectivity index is 2.33. The first-order chi connectivity index (χ1) is 6.47. The first kappa shape index (κ1) is 11.6. The van der Waals surface area contributed by atoms with E-state index in [4.69, 9.17) is 0 Å². The van der Waals surface area contributed by atoms with Gasteiger partial charge in [0.05, 0.1) is 6.54 Å². The first-order valence-electron chi connectivity index (χ1n) is 5.70. The fraction of sp³-hybridized carbons (Fsp3) is 0.846. The highest BCUT2D eigenvalue weighted by molar-refractivity contribution is 5.08. The van der Waals surface area contributed by atoms with Crippen molar-refractivity contribution < 1.29 is 0 Å². The number of hydrogen-bond acceptors (Lipinski definition) is 1. The fourth-order valence-electron chi connectivity index (χ4n) is 1.85. The van der Waals surface area contributed by atoms with E-state index >= 15 is 0 Å². The summed E-state index contributed by atoms with van der Waals surface area (Å²) < 4.78 is 0. The summed E-state index contributed by atoms with van der Waals surface area (Å²) >= 11 is 0. The van der Waals surface area contributed by atoms with Crippen LogP contribution in [0.5, 0.6) is 0 Å². The minimum absolute atomic E-state index is 0.154. The topological polar surface area (TPSA) is 3.24 Å². The highest BCUT2D eigenvalue weighted by atomic mass is 15.1. The van der Waals surface area contributed by atoms with Gasteiger partial charge in [0.1, 0.15) is 0 Å². The highest BCUT2D eigenvalue weighted by Gasteiger charge is 2.14. The molecular formula is C13H23N. The minimum atomic E-state index is 0.154. The molecule has 0 unspecified atom stereocenters. The van der Waals surface area contributed by atoms with Gasteiger partial charge in [0.15, 0.2) is 0 Å². The molecule has 0 aliphatic carbocycles. The Labute approximate surface area is 88.9 Å². The summed E-state index contributed by atoms with van der Waals surface area (Å²) in [6, 6.07) is 0. The van der Waals surface area contributed by atoms with Crippen LogP contribution in [-0.4, -0.2) is 24.5 Å². The van der Waals surface area contributed by atoms with Crippen LogP contribution in [0.1, 0.15) is 40.5 Å². The summed E-state index contributed by atoms with van der Waals surface area (Å²) in [6.45, 7) is 12.3. The van der Waals surface area contributed by atoms with E-state index in [2.05, 4.69) is 44.4 Å². The van der Waals surface area contributed by atoms with E-state index in [-0.39, 0.29) is 5.41 Å². The summed E-state index contributed by atoms with van der Waals surface area (Å²) in [4.78, 5) is 2.48. The molecule has 1 aliphatic rings. The molecule has 1 fully saturated rings. The summed E-state index contributed by atoms with van der Waals surface area (Å²) in [5.41, 5.74) is 0.154. The van der Waals surface area contributed by atoms with Crippen LogP contribution in [0.4, 0.5) is 0 Å². The average molecular weight is 193 g/mol. The third kappa shape index (κ3) is 4.67. The van der Waals surface area contributed by atoms with Crippen LogP contribution in [0.2, 0.25) is 0 Å². The van der Waals surface area contributed by atoms with Crippen molar-refractivity contribution in [2.75, 3.05) is 19.6 Å². The molecule has 0 aromatic carbocycles. The van der Waals surface area contributed by atoms with E-state index in [0.717, 1.165) is 12.5 Å². The molecule has 1 saturated heterocycles. The molecule has 0 spiro atoms. The smallest absolute Gasteiger partial charge is 0.0601 e. The minimum Gasteiger partial charge on any atom is -0.292 e. The predicted molar refractivity (Wildman–Crippen MR) is 62.1 cm³/mol. The third-order valence-corrected chi connectivity index (χ3v) is 2.51. The second-order valence-corrected chi connectivity index (χ2v) is 5.53. The second-order valence-electron chi connectivity index (χ2n) is 5.53. The van der Waals surface area contributed by atoms with Gasteiger partial charge in [-0.1, -0.05) is 18.8 Å². The molecule has 14 heavy (non-hydrogen) atoms. The van der Waals surface area contributed by atoms with E-state index < -0.39 is 0 Å². The molecule has 0 bridgehead atoms. The zero-order chi connectivity index (χ0) is 10.6. The molecule has 0 aromatic heterocycles. The van der Waals surface area contributed by atoms with Crippen LogP contribution >= 0.6 is 0 Å². The fourth-order valence-corrected chi connectivity index (χ4v) is 1.85. The van der Waals surface area contributed by atoms with Crippen molar-refractivity contribution in [3.63, 3.8) is 0 Å². The molecule has 80 valence electrons. The zero-order valence-electron chi connectivity index (χ0n) is 10.1. The Hall–Kier alpha value is -0.480. The van der Waals surface area contributed by atoms with Crippen LogP contribution in [0, 0.1) is 23.2 Å². The zero-order valence-corrected chi connectivity index (χ0v) is 10.1. The van der Waals surface area contributed by atoms with Crippen LogP contribution in [0.3, 0.4) is 0 Å². The Kier molecular flexibility index (Phi) is 4.01. The van der Waals surface area contributed by atoms with Crippen molar-refractivity contribution in [3.8, 4) is 11.8 Å². The van der Waals surface area contributed by atoms with Gasteiger partial charge in [-0.15, -0.1) is 0 Å². The Morgan fingerprint density at radius 3 is 2.64 bits per heavy atom. The van der Waals surface area contributed by atoms with Crippen molar-refractivity contribution in [2.24, 2.45) is 11.3 Å². The number of rotatable bonds is 1. The van der Waals surface area contributed by atoms with Crippen molar-refractivity contribution in [1.29, 1.82) is 0 Å².